The van der Waals surface area contributed by atoms with Crippen LogP contribution in [0.3, 0.4) is 0 Å². The van der Waals surface area contributed by atoms with Gasteiger partial charge in [0.15, 0.2) is 0 Å². The molecule has 4 nitrogen and oxygen atoms in total. The third kappa shape index (κ3) is 3.93. The second-order valence-electron chi connectivity index (χ2n) is 7.12. The van der Waals surface area contributed by atoms with Gasteiger partial charge in [0.05, 0.1) is 6.10 Å². The molecule has 0 spiro atoms. The van der Waals surface area contributed by atoms with Crippen molar-refractivity contribution in [2.75, 3.05) is 13.1 Å². The number of likely N-dealkylation sites (tertiary alicyclic amines) is 1. The highest BCUT2D eigenvalue weighted by Crippen LogP contribution is 2.25. The first kappa shape index (κ1) is 14.8. The van der Waals surface area contributed by atoms with Crippen LogP contribution in [0.25, 0.3) is 0 Å². The third-order valence-corrected chi connectivity index (χ3v) is 4.55. The first-order valence-electron chi connectivity index (χ1n) is 7.60. The Morgan fingerprint density at radius 3 is 2.32 bits per heavy atom. The fourth-order valence-electron chi connectivity index (χ4n) is 3.14. The highest BCUT2D eigenvalue weighted by Gasteiger charge is 2.32. The van der Waals surface area contributed by atoms with Gasteiger partial charge in [0.25, 0.3) is 0 Å². The Morgan fingerprint density at radius 2 is 1.79 bits per heavy atom. The minimum atomic E-state index is -0.188. The fourth-order valence-corrected chi connectivity index (χ4v) is 3.14. The Balaban J connectivity index is 1.78. The number of hydrogen-bond acceptors (Lipinski definition) is 3. The molecule has 2 aliphatic rings. The number of nitrogens with zero attached hydrogens (tertiary/aromatic N) is 1. The first-order valence-corrected chi connectivity index (χ1v) is 7.60. The lowest BCUT2D eigenvalue weighted by Crippen LogP contribution is -2.45. The van der Waals surface area contributed by atoms with E-state index in [1.807, 2.05) is 0 Å². The lowest BCUT2D eigenvalue weighted by atomic mass is 9.87. The second kappa shape index (κ2) is 5.80. The van der Waals surface area contributed by atoms with E-state index in [1.54, 1.807) is 0 Å². The van der Waals surface area contributed by atoms with Crippen molar-refractivity contribution in [3.05, 3.63) is 0 Å². The maximum atomic E-state index is 12.2. The lowest BCUT2D eigenvalue weighted by molar-refractivity contribution is -0.127. The Hall–Kier alpha value is -0.610. The average Bonchev–Trinajstić information content (AvgIpc) is 2.78. The molecule has 1 saturated carbocycles. The second-order valence-corrected chi connectivity index (χ2v) is 7.12. The fraction of sp³-hybridized carbons (Fsp3) is 0.933. The van der Waals surface area contributed by atoms with Crippen molar-refractivity contribution in [1.29, 1.82) is 0 Å². The highest BCUT2D eigenvalue weighted by molar-refractivity contribution is 5.79. The quantitative estimate of drug-likeness (QED) is 0.798. The molecule has 2 N–H and O–H groups in total. The van der Waals surface area contributed by atoms with Crippen molar-refractivity contribution in [1.82, 2.24) is 10.2 Å². The van der Waals surface area contributed by atoms with Gasteiger partial charge < -0.3 is 10.4 Å². The molecule has 2 rings (SSSR count). The normalized spacial score (nSPS) is 33.4. The molecule has 4 heteroatoms. The van der Waals surface area contributed by atoms with Gasteiger partial charge in [-0.3, -0.25) is 9.69 Å². The Bertz CT molecular complexity index is 317. The largest absolute Gasteiger partial charge is 0.393 e. The number of aliphatic hydroxyl groups excluding tert-OH is 1. The van der Waals surface area contributed by atoms with Crippen molar-refractivity contribution < 1.29 is 9.90 Å². The zero-order valence-electron chi connectivity index (χ0n) is 12.5. The molecule has 1 atom stereocenters. The summed E-state index contributed by atoms with van der Waals surface area (Å²) >= 11 is 0. The number of carbonyl (C=O) groups excluding carboxylic acids is 1. The standard InChI is InChI=1S/C15H28N2O2/c1-15(2,3)17-9-8-12(10-17)16-14(19)11-4-6-13(18)7-5-11/h11-13,18H,4-10H2,1-3H3,(H,16,19). The Morgan fingerprint density at radius 1 is 1.16 bits per heavy atom. The van der Waals surface area contributed by atoms with E-state index in [0.29, 0.717) is 6.04 Å². The van der Waals surface area contributed by atoms with Crippen LogP contribution in [0.5, 0.6) is 0 Å². The van der Waals surface area contributed by atoms with Gasteiger partial charge in [-0.15, -0.1) is 0 Å². The minimum absolute atomic E-state index is 0.118. The van der Waals surface area contributed by atoms with Crippen LogP contribution in [0.4, 0.5) is 0 Å². The molecule has 1 unspecified atom stereocenters. The molecule has 1 amide bonds. The van der Waals surface area contributed by atoms with Crippen LogP contribution in [0, 0.1) is 5.92 Å². The van der Waals surface area contributed by atoms with Gasteiger partial charge >= 0.3 is 0 Å². The molecule has 1 heterocycles. The summed E-state index contributed by atoms with van der Waals surface area (Å²) < 4.78 is 0. The van der Waals surface area contributed by atoms with Gasteiger partial charge in [-0.2, -0.15) is 0 Å². The van der Waals surface area contributed by atoms with Crippen molar-refractivity contribution in [3.8, 4) is 0 Å². The Labute approximate surface area is 116 Å². The Kier molecular flexibility index (Phi) is 4.51. The van der Waals surface area contributed by atoms with Gasteiger partial charge in [-0.1, -0.05) is 0 Å². The molecular formula is C15H28N2O2. The van der Waals surface area contributed by atoms with Crippen LogP contribution in [0.15, 0.2) is 0 Å². The summed E-state index contributed by atoms with van der Waals surface area (Å²) in [7, 11) is 0. The van der Waals surface area contributed by atoms with E-state index in [9.17, 15) is 9.90 Å². The van der Waals surface area contributed by atoms with E-state index in [4.69, 9.17) is 0 Å². The van der Waals surface area contributed by atoms with Gasteiger partial charge in [-0.05, 0) is 52.9 Å². The smallest absolute Gasteiger partial charge is 0.223 e. The number of carbonyl (C=O) groups is 1. The molecule has 1 saturated heterocycles. The monoisotopic (exact) mass is 268 g/mol. The molecule has 0 aromatic carbocycles. The molecule has 110 valence electrons. The highest BCUT2D eigenvalue weighted by atomic mass is 16.3. The summed E-state index contributed by atoms with van der Waals surface area (Å²) in [5, 5.41) is 12.7. The summed E-state index contributed by atoms with van der Waals surface area (Å²) in [6.45, 7) is 8.70. The average molecular weight is 268 g/mol. The van der Waals surface area contributed by atoms with Crippen LogP contribution in [0.2, 0.25) is 0 Å². The molecule has 0 aromatic heterocycles. The van der Waals surface area contributed by atoms with Gasteiger partial charge in [0.1, 0.15) is 0 Å². The van der Waals surface area contributed by atoms with Crippen LogP contribution in [-0.2, 0) is 4.79 Å². The van der Waals surface area contributed by atoms with E-state index < -0.39 is 0 Å². The van der Waals surface area contributed by atoms with Crippen LogP contribution in [0.1, 0.15) is 52.9 Å². The molecular weight excluding hydrogens is 240 g/mol. The summed E-state index contributed by atoms with van der Waals surface area (Å²) in [6, 6.07) is 0.304. The number of rotatable bonds is 2. The maximum absolute atomic E-state index is 12.2. The SMILES string of the molecule is CC(C)(C)N1CCC(NC(=O)C2CCC(O)CC2)C1. The number of hydrogen-bond donors (Lipinski definition) is 2. The first-order chi connectivity index (χ1) is 8.86. The van der Waals surface area contributed by atoms with E-state index in [2.05, 4.69) is 31.0 Å². The summed E-state index contributed by atoms with van der Waals surface area (Å²) in [4.78, 5) is 14.6. The summed E-state index contributed by atoms with van der Waals surface area (Å²) in [6.07, 6.45) is 4.09. The van der Waals surface area contributed by atoms with Crippen molar-refractivity contribution in [3.63, 3.8) is 0 Å². The number of nitrogens with one attached hydrogen (secondary N) is 1. The van der Waals surface area contributed by atoms with E-state index in [0.717, 1.165) is 45.2 Å². The van der Waals surface area contributed by atoms with E-state index in [-0.39, 0.29) is 23.5 Å². The minimum Gasteiger partial charge on any atom is -0.393 e. The van der Waals surface area contributed by atoms with Crippen molar-refractivity contribution in [2.45, 2.75) is 70.6 Å². The predicted octanol–water partition coefficient (Wildman–Crippen LogP) is 1.53. The van der Waals surface area contributed by atoms with Crippen LogP contribution in [-0.4, -0.2) is 46.7 Å². The predicted molar refractivity (Wildman–Crippen MR) is 75.8 cm³/mol. The van der Waals surface area contributed by atoms with E-state index in [1.165, 1.54) is 0 Å². The van der Waals surface area contributed by atoms with Gasteiger partial charge in [0, 0.05) is 30.6 Å². The zero-order valence-corrected chi connectivity index (χ0v) is 12.5. The molecule has 1 aliphatic carbocycles. The summed E-state index contributed by atoms with van der Waals surface area (Å²) in [5.74, 6) is 0.319. The van der Waals surface area contributed by atoms with Crippen molar-refractivity contribution in [2.24, 2.45) is 5.92 Å². The van der Waals surface area contributed by atoms with Gasteiger partial charge in [0.2, 0.25) is 5.91 Å². The lowest BCUT2D eigenvalue weighted by Gasteiger charge is -2.32. The van der Waals surface area contributed by atoms with Crippen LogP contribution < -0.4 is 5.32 Å². The topological polar surface area (TPSA) is 52.6 Å². The van der Waals surface area contributed by atoms with Crippen LogP contribution >= 0.6 is 0 Å². The molecule has 2 fully saturated rings. The maximum Gasteiger partial charge on any atom is 0.223 e. The molecule has 19 heavy (non-hydrogen) atoms. The zero-order chi connectivity index (χ0) is 14.0. The molecule has 0 radical (unpaired) electrons. The van der Waals surface area contributed by atoms with Crippen molar-refractivity contribution >= 4 is 5.91 Å². The number of aliphatic hydroxyl groups is 1. The third-order valence-electron chi connectivity index (χ3n) is 4.55. The molecule has 0 bridgehead atoms. The summed E-state index contributed by atoms with van der Waals surface area (Å²) in [5.41, 5.74) is 0.189. The molecule has 1 aliphatic heterocycles. The van der Waals surface area contributed by atoms with Gasteiger partial charge in [-0.25, -0.2) is 0 Å². The van der Waals surface area contributed by atoms with E-state index >= 15 is 0 Å². The number of amides is 1. The molecule has 0 aromatic rings.